The van der Waals surface area contributed by atoms with Crippen LogP contribution >= 0.6 is 0 Å². The smallest absolute Gasteiger partial charge is 0.142 e. The van der Waals surface area contributed by atoms with Crippen molar-refractivity contribution in [2.75, 3.05) is 37.5 Å². The number of nitrogens with zero attached hydrogens (tertiary/aromatic N) is 3. The number of likely N-dealkylation sites (N-methyl/N-ethyl adjacent to an activating group) is 1. The van der Waals surface area contributed by atoms with Gasteiger partial charge in [0.1, 0.15) is 11.6 Å². The maximum absolute atomic E-state index is 5.38. The van der Waals surface area contributed by atoms with Gasteiger partial charge in [0.2, 0.25) is 0 Å². The van der Waals surface area contributed by atoms with Crippen LogP contribution in [0.5, 0.6) is 0 Å². The lowest BCUT2D eigenvalue weighted by Gasteiger charge is -2.36. The van der Waals surface area contributed by atoms with E-state index >= 15 is 0 Å². The lowest BCUT2D eigenvalue weighted by molar-refractivity contribution is 0.257. The molecule has 1 unspecified atom stereocenters. The largest absolute Gasteiger partial charge is 0.355 e. The van der Waals surface area contributed by atoms with E-state index in [9.17, 15) is 0 Å². The first-order valence-corrected chi connectivity index (χ1v) is 6.06. The third-order valence-corrected chi connectivity index (χ3v) is 3.33. The minimum Gasteiger partial charge on any atom is -0.355 e. The van der Waals surface area contributed by atoms with Crippen molar-refractivity contribution in [2.45, 2.75) is 18.9 Å². The van der Waals surface area contributed by atoms with Crippen molar-refractivity contribution in [1.82, 2.24) is 9.88 Å². The van der Waals surface area contributed by atoms with E-state index in [2.05, 4.69) is 34.3 Å². The monoisotopic (exact) mass is 235 g/mol. The first-order chi connectivity index (χ1) is 8.20. The normalized spacial score (nSPS) is 20.7. The zero-order chi connectivity index (χ0) is 12.3. The molecular weight excluding hydrogens is 214 g/mol. The minimum absolute atomic E-state index is 0.611. The number of anilines is 2. The number of rotatable bonds is 3. The number of nitrogen functional groups attached to an aromatic ring is 1. The van der Waals surface area contributed by atoms with Gasteiger partial charge in [0.05, 0.1) is 0 Å². The lowest BCUT2D eigenvalue weighted by Crippen LogP contribution is -2.45. The van der Waals surface area contributed by atoms with E-state index in [4.69, 9.17) is 5.84 Å². The highest BCUT2D eigenvalue weighted by molar-refractivity contribution is 5.46. The van der Waals surface area contributed by atoms with Gasteiger partial charge in [0, 0.05) is 19.1 Å². The summed E-state index contributed by atoms with van der Waals surface area (Å²) in [6.45, 7) is 2.11. The van der Waals surface area contributed by atoms with E-state index in [1.54, 1.807) is 0 Å². The summed E-state index contributed by atoms with van der Waals surface area (Å²) < 4.78 is 0. The van der Waals surface area contributed by atoms with E-state index in [0.717, 1.165) is 24.7 Å². The van der Waals surface area contributed by atoms with Crippen LogP contribution in [0.3, 0.4) is 0 Å². The van der Waals surface area contributed by atoms with Gasteiger partial charge in [-0.25, -0.2) is 10.8 Å². The van der Waals surface area contributed by atoms with Crippen molar-refractivity contribution in [3.05, 3.63) is 18.2 Å². The van der Waals surface area contributed by atoms with Gasteiger partial charge in [-0.15, -0.1) is 0 Å². The molecule has 1 aliphatic heterocycles. The van der Waals surface area contributed by atoms with E-state index < -0.39 is 0 Å². The Morgan fingerprint density at radius 3 is 3.00 bits per heavy atom. The molecule has 1 aromatic heterocycles. The van der Waals surface area contributed by atoms with Gasteiger partial charge in [-0.05, 0) is 39.1 Å². The Bertz CT molecular complexity index is 366. The molecule has 2 rings (SSSR count). The van der Waals surface area contributed by atoms with Crippen molar-refractivity contribution in [3.63, 3.8) is 0 Å². The van der Waals surface area contributed by atoms with Crippen LogP contribution in [-0.2, 0) is 0 Å². The molecule has 0 aromatic carbocycles. The van der Waals surface area contributed by atoms with Crippen LogP contribution in [0.4, 0.5) is 11.6 Å². The Morgan fingerprint density at radius 2 is 2.29 bits per heavy atom. The van der Waals surface area contributed by atoms with Crippen LogP contribution in [0.25, 0.3) is 0 Å². The molecule has 1 saturated heterocycles. The van der Waals surface area contributed by atoms with Crippen LogP contribution in [-0.4, -0.2) is 43.1 Å². The standard InChI is InChI=1S/C12H21N5/c1-16(2)10-5-4-8-17(9-10)12-7-3-6-11(14-12)15-13/h3,6-7,10H,4-5,8-9,13H2,1-2H3,(H,14,15). The quantitative estimate of drug-likeness (QED) is 0.602. The minimum atomic E-state index is 0.611. The third kappa shape index (κ3) is 2.87. The summed E-state index contributed by atoms with van der Waals surface area (Å²) in [4.78, 5) is 9.10. The summed E-state index contributed by atoms with van der Waals surface area (Å²) in [5, 5.41) is 0. The average molecular weight is 235 g/mol. The van der Waals surface area contributed by atoms with Gasteiger partial charge in [-0.1, -0.05) is 6.07 Å². The Kier molecular flexibility index (Phi) is 3.81. The average Bonchev–Trinajstić information content (AvgIpc) is 2.39. The highest BCUT2D eigenvalue weighted by atomic mass is 15.3. The summed E-state index contributed by atoms with van der Waals surface area (Å²) in [6, 6.07) is 6.51. The Hall–Kier alpha value is -1.33. The lowest BCUT2D eigenvalue weighted by atomic mass is 10.1. The first-order valence-electron chi connectivity index (χ1n) is 6.06. The topological polar surface area (TPSA) is 57.4 Å². The molecule has 0 aliphatic carbocycles. The second kappa shape index (κ2) is 5.33. The molecule has 5 nitrogen and oxygen atoms in total. The highest BCUT2D eigenvalue weighted by Crippen LogP contribution is 2.20. The first kappa shape index (κ1) is 12.1. The fraction of sp³-hybridized carbons (Fsp3) is 0.583. The van der Waals surface area contributed by atoms with Gasteiger partial charge >= 0.3 is 0 Å². The number of hydrogen-bond acceptors (Lipinski definition) is 5. The molecule has 0 spiro atoms. The second-order valence-electron chi connectivity index (χ2n) is 4.73. The molecule has 0 amide bonds. The predicted molar refractivity (Wildman–Crippen MR) is 71.0 cm³/mol. The maximum Gasteiger partial charge on any atom is 0.142 e. The molecular formula is C12H21N5. The van der Waals surface area contributed by atoms with Gasteiger partial charge < -0.3 is 15.2 Å². The predicted octanol–water partition coefficient (Wildman–Crippen LogP) is 0.898. The van der Waals surface area contributed by atoms with Gasteiger partial charge in [0.25, 0.3) is 0 Å². The van der Waals surface area contributed by atoms with Crippen LogP contribution in [0.15, 0.2) is 18.2 Å². The number of aromatic nitrogens is 1. The molecule has 2 heterocycles. The Labute approximate surface area is 103 Å². The van der Waals surface area contributed by atoms with Gasteiger partial charge in [-0.2, -0.15) is 0 Å². The Balaban J connectivity index is 2.10. The molecule has 0 saturated carbocycles. The van der Waals surface area contributed by atoms with E-state index in [1.807, 2.05) is 18.2 Å². The number of piperidine rings is 1. The van der Waals surface area contributed by atoms with Crippen LogP contribution in [0.2, 0.25) is 0 Å². The summed E-state index contributed by atoms with van der Waals surface area (Å²) >= 11 is 0. The van der Waals surface area contributed by atoms with Crippen molar-refractivity contribution in [3.8, 4) is 0 Å². The maximum atomic E-state index is 5.38. The molecule has 94 valence electrons. The molecule has 1 fully saturated rings. The van der Waals surface area contributed by atoms with Crippen molar-refractivity contribution in [2.24, 2.45) is 5.84 Å². The molecule has 1 atom stereocenters. The fourth-order valence-electron chi connectivity index (χ4n) is 2.26. The zero-order valence-corrected chi connectivity index (χ0v) is 10.6. The second-order valence-corrected chi connectivity index (χ2v) is 4.73. The van der Waals surface area contributed by atoms with Crippen molar-refractivity contribution in [1.29, 1.82) is 0 Å². The molecule has 3 N–H and O–H groups in total. The number of hydrazine groups is 1. The molecule has 5 heteroatoms. The van der Waals surface area contributed by atoms with E-state index in [0.29, 0.717) is 6.04 Å². The third-order valence-electron chi connectivity index (χ3n) is 3.33. The fourth-order valence-corrected chi connectivity index (χ4v) is 2.26. The Morgan fingerprint density at radius 1 is 1.47 bits per heavy atom. The van der Waals surface area contributed by atoms with Crippen molar-refractivity contribution < 1.29 is 0 Å². The van der Waals surface area contributed by atoms with E-state index in [1.165, 1.54) is 12.8 Å². The summed E-state index contributed by atoms with van der Waals surface area (Å²) in [7, 11) is 4.28. The van der Waals surface area contributed by atoms with E-state index in [-0.39, 0.29) is 0 Å². The molecule has 0 radical (unpaired) electrons. The number of nitrogens with one attached hydrogen (secondary N) is 1. The highest BCUT2D eigenvalue weighted by Gasteiger charge is 2.22. The molecule has 17 heavy (non-hydrogen) atoms. The number of nitrogens with two attached hydrogens (primary N) is 1. The number of hydrogen-bond donors (Lipinski definition) is 2. The zero-order valence-electron chi connectivity index (χ0n) is 10.6. The van der Waals surface area contributed by atoms with Gasteiger partial charge in [0.15, 0.2) is 0 Å². The van der Waals surface area contributed by atoms with Crippen LogP contribution < -0.4 is 16.2 Å². The summed E-state index contributed by atoms with van der Waals surface area (Å²) in [5.74, 6) is 7.11. The number of pyridine rings is 1. The summed E-state index contributed by atoms with van der Waals surface area (Å²) in [5.41, 5.74) is 2.59. The molecule has 1 aliphatic rings. The van der Waals surface area contributed by atoms with Gasteiger partial charge in [-0.3, -0.25) is 0 Å². The van der Waals surface area contributed by atoms with Crippen LogP contribution in [0, 0.1) is 0 Å². The SMILES string of the molecule is CN(C)C1CCCN(c2cccc(NN)n2)C1. The van der Waals surface area contributed by atoms with Crippen LogP contribution in [0.1, 0.15) is 12.8 Å². The molecule has 0 bridgehead atoms. The summed E-state index contributed by atoms with van der Waals surface area (Å²) in [6.07, 6.45) is 2.48. The molecule has 1 aromatic rings. The van der Waals surface area contributed by atoms with Crippen molar-refractivity contribution >= 4 is 11.6 Å².